The summed E-state index contributed by atoms with van der Waals surface area (Å²) in [5.41, 5.74) is 8.95. The quantitative estimate of drug-likeness (QED) is 0.365. The van der Waals surface area contributed by atoms with Gasteiger partial charge in [-0.2, -0.15) is 5.10 Å². The Balaban J connectivity index is 1.32. The van der Waals surface area contributed by atoms with Crippen LogP contribution < -0.4 is 5.73 Å². The number of nitrogens with zero attached hydrogens (tertiary/aromatic N) is 4. The molecule has 4 atom stereocenters. The Morgan fingerprint density at radius 3 is 2.52 bits per heavy atom. The highest BCUT2D eigenvalue weighted by molar-refractivity contribution is 5.63. The molecule has 40 heavy (non-hydrogen) atoms. The summed E-state index contributed by atoms with van der Waals surface area (Å²) in [4.78, 5) is 8.97. The van der Waals surface area contributed by atoms with Crippen LogP contribution in [-0.2, 0) is 26.2 Å². The molecule has 2 fully saturated rings. The highest BCUT2D eigenvalue weighted by Crippen LogP contribution is 2.39. The first kappa shape index (κ1) is 26.9. The molecule has 0 spiro atoms. The molecular formula is C30H33F2N5O3. The van der Waals surface area contributed by atoms with Crippen molar-refractivity contribution in [3.63, 3.8) is 0 Å². The maximum Gasteiger partial charge on any atom is 0.139 e. The van der Waals surface area contributed by atoms with Crippen molar-refractivity contribution in [1.82, 2.24) is 19.6 Å². The van der Waals surface area contributed by atoms with Crippen LogP contribution >= 0.6 is 0 Å². The van der Waals surface area contributed by atoms with Crippen LogP contribution in [0.5, 0.6) is 0 Å². The van der Waals surface area contributed by atoms with E-state index >= 15 is 8.78 Å². The van der Waals surface area contributed by atoms with Gasteiger partial charge in [-0.05, 0) is 71.7 Å². The zero-order valence-electron chi connectivity index (χ0n) is 22.8. The highest BCUT2D eigenvalue weighted by Gasteiger charge is 2.42. The third-order valence-electron chi connectivity index (χ3n) is 8.54. The van der Waals surface area contributed by atoms with Crippen LogP contribution in [0.3, 0.4) is 0 Å². The van der Waals surface area contributed by atoms with Crippen LogP contribution in [0.4, 0.5) is 8.78 Å². The second-order valence-corrected chi connectivity index (χ2v) is 11.0. The van der Waals surface area contributed by atoms with Gasteiger partial charge >= 0.3 is 0 Å². The molecule has 4 heterocycles. The summed E-state index contributed by atoms with van der Waals surface area (Å²) in [5.74, 6) is -0.182. The van der Waals surface area contributed by atoms with Gasteiger partial charge in [0, 0.05) is 39.1 Å². The molecule has 2 aliphatic rings. The number of pyridine rings is 1. The fourth-order valence-electron chi connectivity index (χ4n) is 6.34. The van der Waals surface area contributed by atoms with Crippen LogP contribution in [0.1, 0.15) is 48.2 Å². The standard InChI is InChI=1S/C30H33F2N5O3/c1-17-8-18(9-25(33)29(17)38-2)22-6-7-34-13-19(22)10-27-35-14-21-4-5-26(36-37(21)27)28-23(31)11-20(12-24(28)32)30(39-3)15-40-16-30/h4-7,11-14,17-18,25,29H,8-10,15-16,33H2,1-3H3/t17-,18+,25+,29-/m0/s1. The summed E-state index contributed by atoms with van der Waals surface area (Å²) < 4.78 is 48.7. The molecule has 0 amide bonds. The van der Waals surface area contributed by atoms with E-state index < -0.39 is 17.2 Å². The molecule has 1 saturated heterocycles. The van der Waals surface area contributed by atoms with Gasteiger partial charge in [-0.15, -0.1) is 0 Å². The van der Waals surface area contributed by atoms with E-state index in [0.717, 1.165) is 23.9 Å². The van der Waals surface area contributed by atoms with Crippen LogP contribution in [0.25, 0.3) is 16.8 Å². The number of halogens is 2. The Morgan fingerprint density at radius 2 is 1.88 bits per heavy atom. The van der Waals surface area contributed by atoms with Gasteiger partial charge in [0.15, 0.2) is 0 Å². The predicted octanol–water partition coefficient (Wildman–Crippen LogP) is 4.39. The Labute approximate surface area is 231 Å². The minimum atomic E-state index is -0.832. The molecular weight excluding hydrogens is 516 g/mol. The summed E-state index contributed by atoms with van der Waals surface area (Å²) in [6.07, 6.45) is 7.63. The lowest BCUT2D eigenvalue weighted by Crippen LogP contribution is -2.48. The molecule has 6 rings (SSSR count). The van der Waals surface area contributed by atoms with E-state index in [0.29, 0.717) is 23.7 Å². The monoisotopic (exact) mass is 549 g/mol. The maximum atomic E-state index is 15.3. The lowest BCUT2D eigenvalue weighted by molar-refractivity contribution is -0.202. The summed E-state index contributed by atoms with van der Waals surface area (Å²) in [7, 11) is 3.23. The zero-order chi connectivity index (χ0) is 28.0. The maximum absolute atomic E-state index is 15.3. The summed E-state index contributed by atoms with van der Waals surface area (Å²) in [6, 6.07) is 7.97. The summed E-state index contributed by atoms with van der Waals surface area (Å²) in [6.45, 7) is 2.67. The van der Waals surface area contributed by atoms with Crippen LogP contribution in [0.2, 0.25) is 0 Å². The minimum Gasteiger partial charge on any atom is -0.380 e. The van der Waals surface area contributed by atoms with E-state index in [4.69, 9.17) is 19.9 Å². The Morgan fingerprint density at radius 1 is 1.10 bits per heavy atom. The molecule has 8 nitrogen and oxygen atoms in total. The number of ether oxygens (including phenoxy) is 3. The fourth-order valence-corrected chi connectivity index (χ4v) is 6.34. The number of rotatable bonds is 7. The molecule has 10 heteroatoms. The lowest BCUT2D eigenvalue weighted by Gasteiger charge is -2.40. The first-order valence-electron chi connectivity index (χ1n) is 13.5. The van der Waals surface area contributed by atoms with Crippen LogP contribution in [-0.4, -0.2) is 59.2 Å². The summed E-state index contributed by atoms with van der Waals surface area (Å²) >= 11 is 0. The van der Waals surface area contributed by atoms with E-state index in [9.17, 15) is 0 Å². The smallest absolute Gasteiger partial charge is 0.139 e. The lowest BCUT2D eigenvalue weighted by atomic mass is 9.74. The van der Waals surface area contributed by atoms with E-state index in [1.165, 1.54) is 24.8 Å². The normalized spacial score (nSPS) is 24.2. The number of methoxy groups -OCH3 is 2. The molecule has 1 aliphatic heterocycles. The number of aromatic nitrogens is 4. The second-order valence-electron chi connectivity index (χ2n) is 11.0. The SMILES string of the molecule is CO[C@@H]1[C@H](N)C[C@H](c2ccncc2Cc2ncc3ccc(-c4c(F)cc(C5(OC)COC5)cc4F)nn23)C[C@@H]1C. The van der Waals surface area contributed by atoms with Crippen molar-refractivity contribution in [2.45, 2.75) is 49.9 Å². The van der Waals surface area contributed by atoms with Gasteiger partial charge in [0.05, 0.1) is 42.3 Å². The molecule has 1 saturated carbocycles. The number of benzene rings is 1. The second kappa shape index (κ2) is 10.6. The van der Waals surface area contributed by atoms with E-state index in [2.05, 4.69) is 22.0 Å². The number of nitrogens with two attached hydrogens (primary N) is 1. The van der Waals surface area contributed by atoms with Gasteiger partial charge in [-0.1, -0.05) is 6.92 Å². The van der Waals surface area contributed by atoms with Crippen molar-refractivity contribution >= 4 is 5.52 Å². The van der Waals surface area contributed by atoms with Crippen molar-refractivity contribution in [2.75, 3.05) is 27.4 Å². The number of hydrogen-bond donors (Lipinski definition) is 1. The molecule has 0 radical (unpaired) electrons. The van der Waals surface area contributed by atoms with Crippen LogP contribution in [0, 0.1) is 17.6 Å². The van der Waals surface area contributed by atoms with E-state index in [-0.39, 0.29) is 42.5 Å². The van der Waals surface area contributed by atoms with Crippen molar-refractivity contribution in [3.8, 4) is 11.3 Å². The number of imidazole rings is 1. The highest BCUT2D eigenvalue weighted by atomic mass is 19.1. The zero-order valence-corrected chi connectivity index (χ0v) is 22.8. The van der Waals surface area contributed by atoms with E-state index in [1.807, 2.05) is 12.3 Å². The molecule has 2 N–H and O–H groups in total. The first-order chi connectivity index (χ1) is 19.3. The summed E-state index contributed by atoms with van der Waals surface area (Å²) in [5, 5.41) is 4.62. The topological polar surface area (TPSA) is 96.8 Å². The Bertz CT molecular complexity index is 1500. The molecule has 0 unspecified atom stereocenters. The van der Waals surface area contributed by atoms with Crippen molar-refractivity contribution in [1.29, 1.82) is 0 Å². The van der Waals surface area contributed by atoms with Gasteiger partial charge in [-0.3, -0.25) is 4.98 Å². The average molecular weight is 550 g/mol. The molecule has 3 aromatic heterocycles. The Kier molecular flexibility index (Phi) is 7.12. The molecule has 210 valence electrons. The van der Waals surface area contributed by atoms with Crippen molar-refractivity contribution < 1.29 is 23.0 Å². The van der Waals surface area contributed by atoms with Gasteiger partial charge < -0.3 is 19.9 Å². The molecule has 4 aromatic rings. The van der Waals surface area contributed by atoms with Gasteiger partial charge in [0.2, 0.25) is 0 Å². The average Bonchev–Trinajstić information content (AvgIpc) is 3.30. The third kappa shape index (κ3) is 4.58. The van der Waals surface area contributed by atoms with E-state index in [1.54, 1.807) is 36.2 Å². The number of hydrogen-bond acceptors (Lipinski definition) is 7. The van der Waals surface area contributed by atoms with Crippen molar-refractivity contribution in [2.24, 2.45) is 11.7 Å². The fraction of sp³-hybridized carbons (Fsp3) is 0.433. The first-order valence-corrected chi connectivity index (χ1v) is 13.5. The molecule has 1 aliphatic carbocycles. The minimum absolute atomic E-state index is 0.0392. The molecule has 1 aromatic carbocycles. The Hall–Kier alpha value is -3.31. The third-order valence-corrected chi connectivity index (χ3v) is 8.54. The molecule has 0 bridgehead atoms. The van der Waals surface area contributed by atoms with Crippen molar-refractivity contribution in [3.05, 3.63) is 83.1 Å². The predicted molar refractivity (Wildman–Crippen MR) is 145 cm³/mol. The largest absolute Gasteiger partial charge is 0.380 e. The van der Waals surface area contributed by atoms with Gasteiger partial charge in [0.1, 0.15) is 23.1 Å². The van der Waals surface area contributed by atoms with Crippen LogP contribution in [0.15, 0.2) is 48.9 Å². The number of fused-ring (bicyclic) bond motifs is 1. The van der Waals surface area contributed by atoms with Gasteiger partial charge in [0.25, 0.3) is 0 Å². The van der Waals surface area contributed by atoms with Gasteiger partial charge in [-0.25, -0.2) is 18.3 Å².